The zero-order valence-corrected chi connectivity index (χ0v) is 11.1. The molecule has 0 amide bonds. The molecule has 1 aromatic heterocycles. The van der Waals surface area contributed by atoms with E-state index >= 15 is 0 Å². The van der Waals surface area contributed by atoms with E-state index in [1.165, 1.54) is 4.68 Å². The summed E-state index contributed by atoms with van der Waals surface area (Å²) in [5.41, 5.74) is 6.60. The quantitative estimate of drug-likeness (QED) is 0.925. The number of aryl methyl sites for hydroxylation is 2. The zero-order chi connectivity index (χ0) is 12.6. The van der Waals surface area contributed by atoms with Crippen molar-refractivity contribution in [1.82, 2.24) is 14.8 Å². The maximum Gasteiger partial charge on any atom is 0.163 e. The largest absolute Gasteiger partial charge is 0.326 e. The number of rotatable bonds is 2. The molecule has 4 nitrogen and oxygen atoms in total. The fourth-order valence-electron chi connectivity index (χ4n) is 1.65. The molecule has 1 aromatic carbocycles. The van der Waals surface area contributed by atoms with E-state index in [1.54, 1.807) is 26.0 Å². The predicted octanol–water partition coefficient (Wildman–Crippen LogP) is 2.24. The smallest absolute Gasteiger partial charge is 0.163 e. The molecule has 0 atom stereocenters. The second kappa shape index (κ2) is 4.54. The van der Waals surface area contributed by atoms with Gasteiger partial charge in [-0.15, -0.1) is 0 Å². The highest BCUT2D eigenvalue weighted by atomic mass is 79.9. The van der Waals surface area contributed by atoms with E-state index in [4.69, 9.17) is 5.73 Å². The predicted molar refractivity (Wildman–Crippen MR) is 66.4 cm³/mol. The first kappa shape index (κ1) is 12.2. The monoisotopic (exact) mass is 298 g/mol. The Hall–Kier alpha value is -1.27. The van der Waals surface area contributed by atoms with E-state index in [-0.39, 0.29) is 12.4 Å². The average Bonchev–Trinajstić information content (AvgIpc) is 2.62. The highest BCUT2D eigenvalue weighted by Gasteiger charge is 2.14. The molecule has 6 heteroatoms. The molecule has 0 aliphatic carbocycles. The number of aromatic nitrogens is 3. The summed E-state index contributed by atoms with van der Waals surface area (Å²) in [6.45, 7) is 3.84. The van der Waals surface area contributed by atoms with Gasteiger partial charge in [-0.25, -0.2) is 14.1 Å². The number of nitrogens with two attached hydrogens (primary N) is 1. The van der Waals surface area contributed by atoms with Crippen molar-refractivity contribution in [3.8, 4) is 5.69 Å². The van der Waals surface area contributed by atoms with E-state index in [9.17, 15) is 4.39 Å². The number of nitrogens with zero attached hydrogens (tertiary/aromatic N) is 3. The molecule has 90 valence electrons. The molecule has 0 fully saturated rings. The van der Waals surface area contributed by atoms with Gasteiger partial charge in [-0.2, -0.15) is 5.10 Å². The third kappa shape index (κ3) is 2.10. The van der Waals surface area contributed by atoms with Crippen molar-refractivity contribution in [3.05, 3.63) is 39.6 Å². The lowest BCUT2D eigenvalue weighted by molar-refractivity contribution is 0.598. The van der Waals surface area contributed by atoms with E-state index in [2.05, 4.69) is 26.0 Å². The van der Waals surface area contributed by atoms with Gasteiger partial charge in [0.25, 0.3) is 0 Å². The van der Waals surface area contributed by atoms with Crippen LogP contribution in [-0.2, 0) is 6.54 Å². The van der Waals surface area contributed by atoms with Gasteiger partial charge in [-0.3, -0.25) is 0 Å². The standard InChI is InChI=1S/C11H12BrFN4/c1-6-15-7(2)17(16-6)9-4-3-8(5-14)10(12)11(9)13/h3-4H,5,14H2,1-2H3. The van der Waals surface area contributed by atoms with Crippen molar-refractivity contribution in [2.45, 2.75) is 20.4 Å². The fourth-order valence-corrected chi connectivity index (χ4v) is 2.15. The number of benzene rings is 1. The third-order valence-electron chi connectivity index (χ3n) is 2.46. The number of hydrogen-bond donors (Lipinski definition) is 1. The Kier molecular flexibility index (Phi) is 3.26. The summed E-state index contributed by atoms with van der Waals surface area (Å²) >= 11 is 3.20. The number of hydrogen-bond acceptors (Lipinski definition) is 3. The zero-order valence-electron chi connectivity index (χ0n) is 9.54. The fraction of sp³-hybridized carbons (Fsp3) is 0.273. The second-order valence-corrected chi connectivity index (χ2v) is 4.49. The number of halogens is 2. The first-order valence-corrected chi connectivity index (χ1v) is 5.91. The minimum absolute atomic E-state index is 0.285. The van der Waals surface area contributed by atoms with E-state index in [0.717, 1.165) is 5.56 Å². The normalized spacial score (nSPS) is 10.9. The molecule has 2 N–H and O–H groups in total. The van der Waals surface area contributed by atoms with Gasteiger partial charge in [0, 0.05) is 6.54 Å². The van der Waals surface area contributed by atoms with Crippen molar-refractivity contribution in [1.29, 1.82) is 0 Å². The lowest BCUT2D eigenvalue weighted by Gasteiger charge is -2.09. The van der Waals surface area contributed by atoms with Crippen LogP contribution >= 0.6 is 15.9 Å². The summed E-state index contributed by atoms with van der Waals surface area (Å²) in [6.07, 6.45) is 0. The van der Waals surface area contributed by atoms with Gasteiger partial charge in [0.05, 0.1) is 4.47 Å². The molecule has 0 unspecified atom stereocenters. The van der Waals surface area contributed by atoms with E-state index in [1.807, 2.05) is 0 Å². The summed E-state index contributed by atoms with van der Waals surface area (Å²) in [7, 11) is 0. The molecule has 2 aromatic rings. The molecule has 0 aliphatic rings. The van der Waals surface area contributed by atoms with Crippen LogP contribution in [0.3, 0.4) is 0 Å². The lowest BCUT2D eigenvalue weighted by Crippen LogP contribution is -2.06. The van der Waals surface area contributed by atoms with Crippen LogP contribution in [0.1, 0.15) is 17.2 Å². The maximum atomic E-state index is 14.1. The Labute approximate surface area is 107 Å². The van der Waals surface area contributed by atoms with Crippen LogP contribution in [0.25, 0.3) is 5.69 Å². The van der Waals surface area contributed by atoms with Gasteiger partial charge in [0.1, 0.15) is 17.3 Å². The lowest BCUT2D eigenvalue weighted by atomic mass is 10.2. The van der Waals surface area contributed by atoms with Gasteiger partial charge in [-0.1, -0.05) is 6.07 Å². The van der Waals surface area contributed by atoms with Crippen LogP contribution in [0, 0.1) is 19.7 Å². The molecule has 0 radical (unpaired) electrons. The Bertz CT molecular complexity index is 565. The van der Waals surface area contributed by atoms with Crippen LogP contribution in [0.5, 0.6) is 0 Å². The molecule has 0 saturated heterocycles. The van der Waals surface area contributed by atoms with Crippen molar-refractivity contribution in [3.63, 3.8) is 0 Å². The van der Waals surface area contributed by atoms with Gasteiger partial charge >= 0.3 is 0 Å². The van der Waals surface area contributed by atoms with Crippen LogP contribution in [0.15, 0.2) is 16.6 Å². The summed E-state index contributed by atoms with van der Waals surface area (Å²) < 4.78 is 16.0. The molecule has 0 spiro atoms. The topological polar surface area (TPSA) is 56.7 Å². The van der Waals surface area contributed by atoms with E-state index in [0.29, 0.717) is 21.8 Å². The molecule has 0 bridgehead atoms. The summed E-state index contributed by atoms with van der Waals surface area (Å²) in [4.78, 5) is 4.15. The van der Waals surface area contributed by atoms with Gasteiger partial charge in [0.2, 0.25) is 0 Å². The van der Waals surface area contributed by atoms with Crippen molar-refractivity contribution < 1.29 is 4.39 Å². The minimum Gasteiger partial charge on any atom is -0.326 e. The van der Waals surface area contributed by atoms with Gasteiger partial charge < -0.3 is 5.73 Å². The average molecular weight is 299 g/mol. The summed E-state index contributed by atoms with van der Waals surface area (Å²) in [6, 6.07) is 3.43. The van der Waals surface area contributed by atoms with Gasteiger partial charge in [-0.05, 0) is 41.4 Å². The highest BCUT2D eigenvalue weighted by Crippen LogP contribution is 2.26. The molecular formula is C11H12BrFN4. The first-order valence-electron chi connectivity index (χ1n) is 5.12. The maximum absolute atomic E-state index is 14.1. The highest BCUT2D eigenvalue weighted by molar-refractivity contribution is 9.10. The molecular weight excluding hydrogens is 287 g/mol. The van der Waals surface area contributed by atoms with Gasteiger partial charge in [0.15, 0.2) is 5.82 Å². The first-order chi connectivity index (χ1) is 8.04. The van der Waals surface area contributed by atoms with Crippen molar-refractivity contribution in [2.24, 2.45) is 5.73 Å². The Morgan fingerprint density at radius 3 is 2.65 bits per heavy atom. The third-order valence-corrected chi connectivity index (χ3v) is 3.32. The van der Waals surface area contributed by atoms with Crippen LogP contribution < -0.4 is 5.73 Å². The summed E-state index contributed by atoms with van der Waals surface area (Å²) in [5, 5.41) is 4.15. The Morgan fingerprint density at radius 2 is 2.12 bits per heavy atom. The minimum atomic E-state index is -0.374. The Morgan fingerprint density at radius 1 is 1.41 bits per heavy atom. The molecule has 2 rings (SSSR count). The molecule has 17 heavy (non-hydrogen) atoms. The van der Waals surface area contributed by atoms with Crippen LogP contribution in [0.2, 0.25) is 0 Å². The van der Waals surface area contributed by atoms with Crippen molar-refractivity contribution >= 4 is 15.9 Å². The summed E-state index contributed by atoms with van der Waals surface area (Å²) in [5.74, 6) is 0.885. The van der Waals surface area contributed by atoms with Crippen LogP contribution in [-0.4, -0.2) is 14.8 Å². The Balaban J connectivity index is 2.61. The SMILES string of the molecule is Cc1nc(C)n(-c2ccc(CN)c(Br)c2F)n1. The molecule has 0 saturated carbocycles. The molecule has 0 aliphatic heterocycles. The second-order valence-electron chi connectivity index (χ2n) is 3.69. The van der Waals surface area contributed by atoms with Crippen LogP contribution in [0.4, 0.5) is 4.39 Å². The van der Waals surface area contributed by atoms with Crippen molar-refractivity contribution in [2.75, 3.05) is 0 Å². The van der Waals surface area contributed by atoms with E-state index < -0.39 is 0 Å². The molecule has 1 heterocycles.